The van der Waals surface area contributed by atoms with E-state index in [0.29, 0.717) is 23.1 Å². The number of aromatic nitrogens is 3. The summed E-state index contributed by atoms with van der Waals surface area (Å²) in [4.78, 5) is 30.5. The van der Waals surface area contributed by atoms with Gasteiger partial charge in [0, 0.05) is 39.2 Å². The molecule has 5 rings (SSSR count). The number of para-hydroxylation sites is 2. The summed E-state index contributed by atoms with van der Waals surface area (Å²) in [6.07, 6.45) is 4.08. The topological polar surface area (TPSA) is 81.3 Å². The predicted octanol–water partition coefficient (Wildman–Crippen LogP) is 5.20. The number of fused-ring (bicyclic) bond motifs is 2. The number of anilines is 1. The number of carbonyl (C=O) groups is 1. The third-order valence-electron chi connectivity index (χ3n) is 5.69. The maximum absolute atomic E-state index is 13.2. The van der Waals surface area contributed by atoms with Gasteiger partial charge in [0.05, 0.1) is 17.1 Å². The van der Waals surface area contributed by atoms with Crippen molar-refractivity contribution in [3.63, 3.8) is 0 Å². The van der Waals surface area contributed by atoms with Crippen LogP contribution >= 0.6 is 15.9 Å². The third-order valence-corrected chi connectivity index (χ3v) is 6.19. The van der Waals surface area contributed by atoms with Crippen molar-refractivity contribution in [1.82, 2.24) is 14.2 Å². The summed E-state index contributed by atoms with van der Waals surface area (Å²) in [5.41, 5.74) is 2.87. The summed E-state index contributed by atoms with van der Waals surface area (Å²) in [5.74, 6) is 0.446. The molecule has 1 N–H and O–H groups in total. The maximum atomic E-state index is 13.2. The number of carbonyl (C=O) groups excluding carboxylic acids is 1. The standard InChI is InChI=1S/C27H22BrN5O2/c1-2-25-31-23-13-12-19(28)14-22(23)27(35)33(25)29-15-18-16-32(24-11-7-6-10-21(18)24)17-26(34)30-20-8-4-3-5-9-20/h3-16H,2,17H2,1H3,(H,30,34). The van der Waals surface area contributed by atoms with E-state index in [2.05, 4.69) is 31.3 Å². The van der Waals surface area contributed by atoms with Crippen molar-refractivity contribution in [3.05, 3.63) is 105 Å². The Hall–Kier alpha value is -4.04. The molecule has 0 aliphatic rings. The Bertz CT molecular complexity index is 1640. The molecule has 2 heterocycles. The molecule has 0 unspecified atom stereocenters. The molecule has 7 nitrogen and oxygen atoms in total. The van der Waals surface area contributed by atoms with E-state index in [0.717, 1.165) is 26.6 Å². The van der Waals surface area contributed by atoms with Gasteiger partial charge < -0.3 is 9.88 Å². The fourth-order valence-corrected chi connectivity index (χ4v) is 4.41. The highest BCUT2D eigenvalue weighted by atomic mass is 79.9. The molecule has 0 fully saturated rings. The second-order valence-corrected chi connectivity index (χ2v) is 8.96. The normalized spacial score (nSPS) is 11.5. The molecule has 0 saturated heterocycles. The molecule has 5 aromatic rings. The number of halogens is 1. The van der Waals surface area contributed by atoms with Crippen LogP contribution in [0.3, 0.4) is 0 Å². The highest BCUT2D eigenvalue weighted by Crippen LogP contribution is 2.21. The summed E-state index contributed by atoms with van der Waals surface area (Å²) >= 11 is 3.42. The zero-order valence-electron chi connectivity index (χ0n) is 19.0. The molecule has 0 saturated carbocycles. The number of hydrogen-bond acceptors (Lipinski definition) is 4. The Morgan fingerprint density at radius 3 is 2.63 bits per heavy atom. The van der Waals surface area contributed by atoms with Crippen LogP contribution in [0, 0.1) is 0 Å². The zero-order valence-corrected chi connectivity index (χ0v) is 20.6. The van der Waals surface area contributed by atoms with Gasteiger partial charge in [-0.2, -0.15) is 9.78 Å². The second kappa shape index (κ2) is 9.68. The number of hydrogen-bond donors (Lipinski definition) is 1. The first-order valence-corrected chi connectivity index (χ1v) is 12.0. The molecule has 2 aromatic heterocycles. The predicted molar refractivity (Wildman–Crippen MR) is 143 cm³/mol. The molecule has 0 atom stereocenters. The van der Waals surface area contributed by atoms with E-state index in [1.54, 1.807) is 12.3 Å². The van der Waals surface area contributed by atoms with Crippen molar-refractivity contribution >= 4 is 55.5 Å². The third kappa shape index (κ3) is 4.65. The quantitative estimate of drug-likeness (QED) is 0.308. The van der Waals surface area contributed by atoms with E-state index in [4.69, 9.17) is 0 Å². The Morgan fingerprint density at radius 2 is 1.83 bits per heavy atom. The summed E-state index contributed by atoms with van der Waals surface area (Å²) in [6, 6.07) is 22.6. The summed E-state index contributed by atoms with van der Waals surface area (Å²) < 4.78 is 4.04. The van der Waals surface area contributed by atoms with Gasteiger partial charge in [-0.1, -0.05) is 59.3 Å². The minimum Gasteiger partial charge on any atom is -0.337 e. The highest BCUT2D eigenvalue weighted by molar-refractivity contribution is 9.10. The summed E-state index contributed by atoms with van der Waals surface area (Å²) in [7, 11) is 0. The van der Waals surface area contributed by atoms with Gasteiger partial charge >= 0.3 is 0 Å². The molecule has 0 bridgehead atoms. The van der Waals surface area contributed by atoms with Crippen LogP contribution in [0.5, 0.6) is 0 Å². The van der Waals surface area contributed by atoms with Crippen LogP contribution in [0.25, 0.3) is 21.8 Å². The van der Waals surface area contributed by atoms with E-state index in [-0.39, 0.29) is 18.0 Å². The first-order valence-electron chi connectivity index (χ1n) is 11.2. The van der Waals surface area contributed by atoms with Crippen LogP contribution in [0.15, 0.2) is 93.4 Å². The van der Waals surface area contributed by atoms with E-state index in [1.807, 2.05) is 84.4 Å². The number of amides is 1. The highest BCUT2D eigenvalue weighted by Gasteiger charge is 2.12. The van der Waals surface area contributed by atoms with E-state index in [1.165, 1.54) is 4.68 Å². The lowest BCUT2D eigenvalue weighted by atomic mass is 10.2. The molecule has 0 aliphatic heterocycles. The van der Waals surface area contributed by atoms with Gasteiger partial charge in [0.2, 0.25) is 5.91 Å². The van der Waals surface area contributed by atoms with Gasteiger partial charge in [-0.25, -0.2) is 4.98 Å². The van der Waals surface area contributed by atoms with E-state index >= 15 is 0 Å². The molecular formula is C27H22BrN5O2. The van der Waals surface area contributed by atoms with E-state index < -0.39 is 0 Å². The second-order valence-electron chi connectivity index (χ2n) is 8.05. The summed E-state index contributed by atoms with van der Waals surface area (Å²) in [6.45, 7) is 2.09. The van der Waals surface area contributed by atoms with Crippen molar-refractivity contribution in [2.24, 2.45) is 5.10 Å². The van der Waals surface area contributed by atoms with Gasteiger partial charge in [-0.3, -0.25) is 9.59 Å². The lowest BCUT2D eigenvalue weighted by Crippen LogP contribution is -2.22. The Balaban J connectivity index is 1.51. The van der Waals surface area contributed by atoms with E-state index in [9.17, 15) is 9.59 Å². The first-order chi connectivity index (χ1) is 17.0. The number of aryl methyl sites for hydroxylation is 1. The average Bonchev–Trinajstić information content (AvgIpc) is 3.21. The van der Waals surface area contributed by atoms with Crippen molar-refractivity contribution in [2.75, 3.05) is 5.32 Å². The monoisotopic (exact) mass is 527 g/mol. The Labute approximate surface area is 209 Å². The van der Waals surface area contributed by atoms with Crippen LogP contribution in [-0.4, -0.2) is 26.3 Å². The van der Waals surface area contributed by atoms with Crippen molar-refractivity contribution < 1.29 is 4.79 Å². The van der Waals surface area contributed by atoms with Gasteiger partial charge in [0.15, 0.2) is 0 Å². The average molecular weight is 528 g/mol. The number of nitrogens with one attached hydrogen (secondary N) is 1. The molecule has 1 amide bonds. The molecule has 0 spiro atoms. The fourth-order valence-electron chi connectivity index (χ4n) is 4.05. The van der Waals surface area contributed by atoms with Gasteiger partial charge in [0.1, 0.15) is 12.4 Å². The Morgan fingerprint density at radius 1 is 1.06 bits per heavy atom. The molecule has 0 radical (unpaired) electrons. The molecule has 174 valence electrons. The van der Waals surface area contributed by atoms with Crippen molar-refractivity contribution in [1.29, 1.82) is 0 Å². The molecule has 0 aliphatic carbocycles. The lowest BCUT2D eigenvalue weighted by molar-refractivity contribution is -0.116. The molecule has 3 aromatic carbocycles. The van der Waals surface area contributed by atoms with Crippen molar-refractivity contribution in [2.45, 2.75) is 19.9 Å². The van der Waals surface area contributed by atoms with Gasteiger partial charge in [-0.05, 0) is 36.4 Å². The maximum Gasteiger partial charge on any atom is 0.282 e. The zero-order chi connectivity index (χ0) is 24.4. The van der Waals surface area contributed by atoms with Crippen LogP contribution in [0.4, 0.5) is 5.69 Å². The van der Waals surface area contributed by atoms with Gasteiger partial charge in [0.25, 0.3) is 5.56 Å². The molecule has 35 heavy (non-hydrogen) atoms. The minimum absolute atomic E-state index is 0.130. The minimum atomic E-state index is -0.227. The Kier molecular flexibility index (Phi) is 6.29. The van der Waals surface area contributed by atoms with Crippen LogP contribution in [0.1, 0.15) is 18.3 Å². The SMILES string of the molecule is CCc1nc2ccc(Br)cc2c(=O)n1N=Cc1cn(CC(=O)Nc2ccccc2)c2ccccc12. The number of nitrogens with zero attached hydrogens (tertiary/aromatic N) is 4. The summed E-state index contributed by atoms with van der Waals surface area (Å²) in [5, 5.41) is 8.87. The van der Waals surface area contributed by atoms with Crippen LogP contribution in [0.2, 0.25) is 0 Å². The largest absolute Gasteiger partial charge is 0.337 e. The number of rotatable bonds is 6. The molecular weight excluding hydrogens is 506 g/mol. The first kappa shape index (κ1) is 22.7. The van der Waals surface area contributed by atoms with Crippen molar-refractivity contribution in [3.8, 4) is 0 Å². The smallest absolute Gasteiger partial charge is 0.282 e. The van der Waals surface area contributed by atoms with Crippen LogP contribution in [-0.2, 0) is 17.8 Å². The van der Waals surface area contributed by atoms with Gasteiger partial charge in [-0.15, -0.1) is 0 Å². The fraction of sp³-hybridized carbons (Fsp3) is 0.111. The lowest BCUT2D eigenvalue weighted by Gasteiger charge is -2.07. The number of benzene rings is 3. The molecule has 8 heteroatoms. The van der Waals surface area contributed by atoms with Crippen LogP contribution < -0.4 is 10.9 Å².